The fraction of sp³-hybridized carbons (Fsp3) is 0.350. The molecule has 1 aliphatic heterocycles. The van der Waals surface area contributed by atoms with Gasteiger partial charge in [-0.25, -0.2) is 4.39 Å². The number of aliphatic hydroxyl groups is 1. The van der Waals surface area contributed by atoms with E-state index in [9.17, 15) is 29.0 Å². The van der Waals surface area contributed by atoms with Gasteiger partial charge in [-0.3, -0.25) is 14.4 Å². The topological polar surface area (TPSA) is 112 Å². The van der Waals surface area contributed by atoms with Gasteiger partial charge in [-0.1, -0.05) is 23.7 Å². The summed E-state index contributed by atoms with van der Waals surface area (Å²) >= 11 is 5.73. The van der Waals surface area contributed by atoms with Crippen molar-refractivity contribution in [2.24, 2.45) is 5.92 Å². The first-order chi connectivity index (χ1) is 14.2. The number of nitrogens with one attached hydrogen (secondary N) is 1. The number of hydrogen-bond acceptors (Lipinski definition) is 5. The normalized spacial score (nSPS) is 22.2. The first-order valence-electron chi connectivity index (χ1n) is 9.27. The van der Waals surface area contributed by atoms with Gasteiger partial charge in [-0.2, -0.15) is 0 Å². The van der Waals surface area contributed by atoms with Crippen LogP contribution < -0.4 is 10.7 Å². The van der Waals surface area contributed by atoms with E-state index in [0.29, 0.717) is 6.42 Å². The second-order valence-electron chi connectivity index (χ2n) is 7.68. The lowest BCUT2D eigenvalue weighted by Gasteiger charge is -2.35. The van der Waals surface area contributed by atoms with Gasteiger partial charge in [0.15, 0.2) is 11.4 Å². The van der Waals surface area contributed by atoms with Crippen molar-refractivity contribution < 1.29 is 24.2 Å². The van der Waals surface area contributed by atoms with E-state index in [1.807, 2.05) is 0 Å². The van der Waals surface area contributed by atoms with Crippen LogP contribution in [0.2, 0.25) is 5.02 Å². The standard InChI is InChI=1S/C20H19ClFN3O5/c1-24-9-20(5-11(20)8-26)25-7-12(16(27)17(28)15(25)19(24)30)18(29)23-6-10-3-2-4-13(21)14(10)22/h2-4,7,11,26,28H,5-6,8-9H2,1H3,(H,23,29)/t11-,20-/m0/s1. The molecule has 1 aromatic carbocycles. The van der Waals surface area contributed by atoms with Crippen LogP contribution in [-0.2, 0) is 12.1 Å². The molecule has 158 valence electrons. The van der Waals surface area contributed by atoms with E-state index in [1.165, 1.54) is 33.9 Å². The molecule has 0 bridgehead atoms. The van der Waals surface area contributed by atoms with Crippen molar-refractivity contribution in [3.63, 3.8) is 0 Å². The van der Waals surface area contributed by atoms with Crippen LogP contribution in [-0.4, -0.2) is 51.7 Å². The summed E-state index contributed by atoms with van der Waals surface area (Å²) in [4.78, 5) is 39.2. The first-order valence-corrected chi connectivity index (χ1v) is 9.65. The second-order valence-corrected chi connectivity index (χ2v) is 8.09. The molecule has 1 spiro atoms. The zero-order valence-electron chi connectivity index (χ0n) is 16.0. The molecule has 2 heterocycles. The van der Waals surface area contributed by atoms with Crippen LogP contribution in [0, 0.1) is 11.7 Å². The third kappa shape index (κ3) is 2.96. The zero-order valence-corrected chi connectivity index (χ0v) is 16.7. The Bertz CT molecular complexity index is 1130. The highest BCUT2D eigenvalue weighted by molar-refractivity contribution is 6.30. The number of carbonyl (C=O) groups is 2. The molecule has 2 aromatic rings. The summed E-state index contributed by atoms with van der Waals surface area (Å²) in [6.07, 6.45) is 1.77. The fourth-order valence-corrected chi connectivity index (χ4v) is 4.30. The fourth-order valence-electron chi connectivity index (χ4n) is 4.10. The zero-order chi connectivity index (χ0) is 21.8. The minimum Gasteiger partial charge on any atom is -0.503 e. The van der Waals surface area contributed by atoms with Gasteiger partial charge in [0.1, 0.15) is 11.4 Å². The summed E-state index contributed by atoms with van der Waals surface area (Å²) in [6, 6.07) is 4.34. The molecule has 4 rings (SSSR count). The number of fused-ring (bicyclic) bond motifs is 2. The Hall–Kier alpha value is -2.91. The van der Waals surface area contributed by atoms with Gasteiger partial charge in [0, 0.05) is 44.4 Å². The summed E-state index contributed by atoms with van der Waals surface area (Å²) in [5.41, 5.74) is -2.13. The molecule has 2 atom stereocenters. The van der Waals surface area contributed by atoms with E-state index in [0.717, 1.165) is 0 Å². The maximum Gasteiger partial charge on any atom is 0.274 e. The molecule has 10 heteroatoms. The number of aromatic nitrogens is 1. The highest BCUT2D eigenvalue weighted by atomic mass is 35.5. The number of carbonyl (C=O) groups excluding carboxylic acids is 2. The SMILES string of the molecule is CN1C[C@]2(C[C@H]2CO)n2cc(C(=O)NCc3cccc(Cl)c3F)c(=O)c(O)c2C1=O. The number of aliphatic hydroxyl groups excluding tert-OH is 1. The number of nitrogens with zero attached hydrogens (tertiary/aromatic N) is 2. The van der Waals surface area contributed by atoms with Gasteiger partial charge < -0.3 is 25.0 Å². The third-order valence-corrected chi connectivity index (χ3v) is 6.15. The van der Waals surface area contributed by atoms with Gasteiger partial charge in [0.05, 0.1) is 10.6 Å². The van der Waals surface area contributed by atoms with E-state index < -0.39 is 34.3 Å². The number of rotatable bonds is 4. The van der Waals surface area contributed by atoms with Crippen molar-refractivity contribution in [1.82, 2.24) is 14.8 Å². The number of halogens is 2. The predicted molar refractivity (Wildman–Crippen MR) is 105 cm³/mol. The van der Waals surface area contributed by atoms with Crippen LogP contribution in [0.1, 0.15) is 32.8 Å². The van der Waals surface area contributed by atoms with Gasteiger partial charge in [0.25, 0.3) is 11.8 Å². The van der Waals surface area contributed by atoms with E-state index in [4.69, 9.17) is 11.6 Å². The highest BCUT2D eigenvalue weighted by Gasteiger charge is 2.59. The van der Waals surface area contributed by atoms with E-state index in [-0.39, 0.29) is 47.5 Å². The van der Waals surface area contributed by atoms with Crippen LogP contribution in [0.4, 0.5) is 4.39 Å². The van der Waals surface area contributed by atoms with Gasteiger partial charge in [0.2, 0.25) is 5.43 Å². The molecular weight excluding hydrogens is 417 g/mol. The van der Waals surface area contributed by atoms with Crippen molar-refractivity contribution in [3.05, 3.63) is 62.3 Å². The number of aromatic hydroxyl groups is 1. The van der Waals surface area contributed by atoms with Crippen molar-refractivity contribution in [2.45, 2.75) is 18.5 Å². The minimum atomic E-state index is -0.995. The number of hydrogen-bond donors (Lipinski definition) is 3. The Morgan fingerprint density at radius 2 is 2.13 bits per heavy atom. The average molecular weight is 436 g/mol. The molecule has 1 saturated carbocycles. The highest BCUT2D eigenvalue weighted by Crippen LogP contribution is 2.53. The maximum atomic E-state index is 14.0. The predicted octanol–water partition coefficient (Wildman–Crippen LogP) is 1.07. The molecule has 0 radical (unpaired) electrons. The van der Waals surface area contributed by atoms with Crippen LogP contribution >= 0.6 is 11.6 Å². The Labute approximate surface area is 175 Å². The first kappa shape index (κ1) is 20.4. The molecule has 1 aliphatic carbocycles. The summed E-state index contributed by atoms with van der Waals surface area (Å²) in [6.45, 7) is -0.0790. The van der Waals surface area contributed by atoms with Crippen molar-refractivity contribution in [3.8, 4) is 5.75 Å². The molecule has 0 unspecified atom stereocenters. The summed E-state index contributed by atoms with van der Waals surface area (Å²) in [5, 5.41) is 22.4. The number of pyridine rings is 1. The molecule has 8 nitrogen and oxygen atoms in total. The van der Waals surface area contributed by atoms with Gasteiger partial charge >= 0.3 is 0 Å². The molecule has 1 aromatic heterocycles. The molecule has 3 N–H and O–H groups in total. The van der Waals surface area contributed by atoms with Crippen molar-refractivity contribution in [1.29, 1.82) is 0 Å². The quantitative estimate of drug-likeness (QED) is 0.665. The Kier molecular flexibility index (Phi) is 4.82. The van der Waals surface area contributed by atoms with Crippen LogP contribution in [0.5, 0.6) is 5.75 Å². The van der Waals surface area contributed by atoms with E-state index in [2.05, 4.69) is 5.32 Å². The summed E-state index contributed by atoms with van der Waals surface area (Å²) < 4.78 is 15.5. The lowest BCUT2D eigenvalue weighted by atomic mass is 10.0. The number of likely N-dealkylation sites (N-methyl/N-ethyl adjacent to an activating group) is 1. The lowest BCUT2D eigenvalue weighted by molar-refractivity contribution is 0.0672. The minimum absolute atomic E-state index is 0.0957. The average Bonchev–Trinajstić information content (AvgIpc) is 3.42. The second kappa shape index (κ2) is 7.10. The molecule has 1 fully saturated rings. The van der Waals surface area contributed by atoms with Crippen molar-refractivity contribution >= 4 is 23.4 Å². The Morgan fingerprint density at radius 1 is 1.40 bits per heavy atom. The van der Waals surface area contributed by atoms with E-state index in [1.54, 1.807) is 7.05 Å². The molecular formula is C20H19ClFN3O5. The smallest absolute Gasteiger partial charge is 0.274 e. The van der Waals surface area contributed by atoms with Crippen LogP contribution in [0.25, 0.3) is 0 Å². The lowest BCUT2D eigenvalue weighted by Crippen LogP contribution is -2.48. The van der Waals surface area contributed by atoms with E-state index >= 15 is 0 Å². The van der Waals surface area contributed by atoms with Crippen molar-refractivity contribution in [2.75, 3.05) is 20.2 Å². The monoisotopic (exact) mass is 435 g/mol. The molecule has 2 amide bonds. The summed E-state index contributed by atoms with van der Waals surface area (Å²) in [7, 11) is 1.55. The molecule has 30 heavy (non-hydrogen) atoms. The summed E-state index contributed by atoms with van der Waals surface area (Å²) in [5.74, 6) is -3.05. The largest absolute Gasteiger partial charge is 0.503 e. The van der Waals surface area contributed by atoms with Crippen LogP contribution in [0.15, 0.2) is 29.2 Å². The third-order valence-electron chi connectivity index (χ3n) is 5.86. The molecule has 0 saturated heterocycles. The number of amides is 2. The van der Waals surface area contributed by atoms with Gasteiger partial charge in [-0.05, 0) is 12.5 Å². The van der Waals surface area contributed by atoms with Gasteiger partial charge in [-0.15, -0.1) is 0 Å². The maximum absolute atomic E-state index is 14.0. The molecule has 2 aliphatic rings. The Balaban J connectivity index is 1.71. The number of benzene rings is 1. The van der Waals surface area contributed by atoms with Crippen LogP contribution in [0.3, 0.4) is 0 Å². The Morgan fingerprint density at radius 3 is 2.80 bits per heavy atom.